The lowest BCUT2D eigenvalue weighted by atomic mass is 10.0. The van der Waals surface area contributed by atoms with E-state index >= 15 is 0 Å². The Bertz CT molecular complexity index is 989. The smallest absolute Gasteiger partial charge is 0.416 e. The second-order valence-electron chi connectivity index (χ2n) is 7.50. The predicted molar refractivity (Wildman–Crippen MR) is 104 cm³/mol. The minimum atomic E-state index is -4.68. The Morgan fingerprint density at radius 1 is 1.27 bits per heavy atom. The third-order valence-electron chi connectivity index (χ3n) is 5.44. The topological polar surface area (TPSA) is 74.2 Å². The molecule has 0 radical (unpaired) electrons. The van der Waals surface area contributed by atoms with Gasteiger partial charge in [0, 0.05) is 19.0 Å². The summed E-state index contributed by atoms with van der Waals surface area (Å²) in [5.41, 5.74) is -1.62. The largest absolute Gasteiger partial charge is 0.492 e. The van der Waals surface area contributed by atoms with E-state index in [1.54, 1.807) is 0 Å². The Labute approximate surface area is 173 Å². The number of hydrogen-bond acceptors (Lipinski definition) is 5. The summed E-state index contributed by atoms with van der Waals surface area (Å²) in [6.07, 6.45) is 2.18. The molecule has 1 aromatic heterocycles. The van der Waals surface area contributed by atoms with Gasteiger partial charge in [-0.3, -0.25) is 4.79 Å². The van der Waals surface area contributed by atoms with Crippen molar-refractivity contribution in [3.05, 3.63) is 52.2 Å². The van der Waals surface area contributed by atoms with Gasteiger partial charge >= 0.3 is 6.18 Å². The quantitative estimate of drug-likeness (QED) is 0.460. The molecule has 3 atom stereocenters. The van der Waals surface area contributed by atoms with E-state index in [-0.39, 0.29) is 18.8 Å². The van der Waals surface area contributed by atoms with E-state index in [4.69, 9.17) is 0 Å². The number of aromatic nitrogens is 1. The molecule has 1 fully saturated rings. The Kier molecular flexibility index (Phi) is 5.44. The van der Waals surface area contributed by atoms with Crippen molar-refractivity contribution >= 4 is 22.4 Å². The Balaban J connectivity index is 1.31. The van der Waals surface area contributed by atoms with Gasteiger partial charge in [0.25, 0.3) is 5.91 Å². The lowest BCUT2D eigenvalue weighted by Crippen LogP contribution is -2.26. The van der Waals surface area contributed by atoms with Gasteiger partial charge in [0.1, 0.15) is 5.82 Å². The molecule has 3 N–H and O–H groups in total. The van der Waals surface area contributed by atoms with Crippen LogP contribution < -0.4 is 10.6 Å². The number of nitrogens with zero attached hydrogens (tertiary/aromatic N) is 1. The van der Waals surface area contributed by atoms with Crippen LogP contribution in [0.2, 0.25) is 0 Å². The van der Waals surface area contributed by atoms with Crippen LogP contribution in [0.5, 0.6) is 5.88 Å². The van der Waals surface area contributed by atoms with Crippen LogP contribution in [0.1, 0.15) is 33.6 Å². The highest BCUT2D eigenvalue weighted by atomic mass is 32.1. The second-order valence-corrected chi connectivity index (χ2v) is 8.58. The third-order valence-corrected chi connectivity index (χ3v) is 6.48. The van der Waals surface area contributed by atoms with E-state index in [0.29, 0.717) is 40.0 Å². The van der Waals surface area contributed by atoms with Crippen LogP contribution >= 0.6 is 11.3 Å². The average molecular weight is 441 g/mol. The lowest BCUT2D eigenvalue weighted by Gasteiger charge is -2.18. The molecule has 2 aliphatic carbocycles. The van der Waals surface area contributed by atoms with Crippen molar-refractivity contribution in [3.8, 4) is 5.88 Å². The van der Waals surface area contributed by atoms with Crippen LogP contribution in [0.3, 0.4) is 0 Å². The van der Waals surface area contributed by atoms with Crippen molar-refractivity contribution in [2.24, 2.45) is 11.8 Å². The van der Waals surface area contributed by atoms with Crippen molar-refractivity contribution in [1.29, 1.82) is 0 Å². The number of aromatic hydroxyl groups is 1. The van der Waals surface area contributed by atoms with Gasteiger partial charge in [-0.25, -0.2) is 4.39 Å². The van der Waals surface area contributed by atoms with Crippen molar-refractivity contribution in [2.75, 3.05) is 11.9 Å². The number of carbonyl (C=O) groups is 1. The molecule has 1 aromatic carbocycles. The molecule has 0 spiro atoms. The molecule has 2 aromatic rings. The normalized spacial score (nSPS) is 22.5. The number of halogens is 4. The molecule has 3 unspecified atom stereocenters. The summed E-state index contributed by atoms with van der Waals surface area (Å²) in [6.45, 7) is 0.0748. The zero-order valence-corrected chi connectivity index (χ0v) is 16.5. The fraction of sp³-hybridized carbons (Fsp3) is 0.400. The number of carbonyl (C=O) groups excluding carboxylic acids is 1. The van der Waals surface area contributed by atoms with Crippen molar-refractivity contribution < 1.29 is 27.5 Å². The molecule has 1 saturated carbocycles. The van der Waals surface area contributed by atoms with Crippen LogP contribution in [-0.2, 0) is 12.6 Å². The summed E-state index contributed by atoms with van der Waals surface area (Å²) in [5, 5.41) is 16.4. The highest BCUT2D eigenvalue weighted by molar-refractivity contribution is 7.15. The highest BCUT2D eigenvalue weighted by Gasteiger charge is 2.36. The molecule has 0 aliphatic heterocycles. The lowest BCUT2D eigenvalue weighted by molar-refractivity contribution is -0.137. The molecule has 1 heterocycles. The molecule has 4 rings (SSSR count). The monoisotopic (exact) mass is 441 g/mol. The molecule has 2 aliphatic rings. The first-order valence-electron chi connectivity index (χ1n) is 9.49. The summed E-state index contributed by atoms with van der Waals surface area (Å²) in [6, 6.07) is 2.06. The first kappa shape index (κ1) is 20.6. The Morgan fingerprint density at radius 2 is 2.07 bits per heavy atom. The summed E-state index contributed by atoms with van der Waals surface area (Å²) in [4.78, 5) is 16.8. The number of amides is 1. The van der Waals surface area contributed by atoms with E-state index in [9.17, 15) is 27.5 Å². The molecule has 30 heavy (non-hydrogen) atoms. The van der Waals surface area contributed by atoms with E-state index in [1.807, 2.05) is 0 Å². The molecule has 1 amide bonds. The number of thiazole rings is 1. The number of hydrogen-bond donors (Lipinski definition) is 3. The first-order valence-corrected chi connectivity index (χ1v) is 10.3. The van der Waals surface area contributed by atoms with Crippen LogP contribution in [0.25, 0.3) is 0 Å². The Morgan fingerprint density at radius 3 is 2.70 bits per heavy atom. The van der Waals surface area contributed by atoms with Crippen LogP contribution in [0.15, 0.2) is 30.4 Å². The van der Waals surface area contributed by atoms with Gasteiger partial charge in [0.2, 0.25) is 5.88 Å². The number of allylic oxidation sites excluding steroid dienone is 1. The van der Waals surface area contributed by atoms with Crippen LogP contribution in [0, 0.1) is 17.7 Å². The van der Waals surface area contributed by atoms with E-state index in [0.717, 1.165) is 18.9 Å². The standard InChI is InChI=1S/C20H19F4N3O2S/c21-14-9-12(20(22,23)24)3-4-13(14)17(28)25-6-5-16-18(29)27-19(30-16)26-15-8-10-1-2-11(15)7-10/h1-4,9-11,15,29H,5-8H2,(H,25,28)(H,26,27). The molecule has 0 saturated heterocycles. The fourth-order valence-corrected chi connectivity index (χ4v) is 4.85. The van der Waals surface area contributed by atoms with E-state index in [1.165, 1.54) is 11.3 Å². The highest BCUT2D eigenvalue weighted by Crippen LogP contribution is 2.41. The van der Waals surface area contributed by atoms with Gasteiger partial charge < -0.3 is 15.7 Å². The summed E-state index contributed by atoms with van der Waals surface area (Å²) >= 11 is 1.28. The fourth-order valence-electron chi connectivity index (χ4n) is 3.93. The van der Waals surface area contributed by atoms with Gasteiger partial charge in [0.15, 0.2) is 5.13 Å². The molecule has 5 nitrogen and oxygen atoms in total. The van der Waals surface area contributed by atoms with E-state index in [2.05, 4.69) is 27.8 Å². The number of nitrogens with one attached hydrogen (secondary N) is 2. The number of benzene rings is 1. The minimum Gasteiger partial charge on any atom is -0.492 e. The van der Waals surface area contributed by atoms with Crippen molar-refractivity contribution in [2.45, 2.75) is 31.5 Å². The first-order chi connectivity index (χ1) is 14.2. The molecular formula is C20H19F4N3O2S. The number of rotatable bonds is 6. The second kappa shape index (κ2) is 7.90. The van der Waals surface area contributed by atoms with Crippen molar-refractivity contribution in [3.63, 3.8) is 0 Å². The number of alkyl halides is 3. The Hall–Kier alpha value is -2.62. The van der Waals surface area contributed by atoms with Gasteiger partial charge in [-0.1, -0.05) is 23.5 Å². The minimum absolute atomic E-state index is 0.0748. The number of anilines is 1. The maximum atomic E-state index is 13.9. The zero-order valence-electron chi connectivity index (χ0n) is 15.7. The van der Waals surface area contributed by atoms with Crippen molar-refractivity contribution in [1.82, 2.24) is 10.3 Å². The van der Waals surface area contributed by atoms with Crippen LogP contribution in [-0.4, -0.2) is 28.6 Å². The van der Waals surface area contributed by atoms with Gasteiger partial charge in [-0.15, -0.1) is 0 Å². The molecule has 10 heteroatoms. The molecule has 2 bridgehead atoms. The maximum Gasteiger partial charge on any atom is 0.416 e. The maximum absolute atomic E-state index is 13.9. The molecular weight excluding hydrogens is 422 g/mol. The summed E-state index contributed by atoms with van der Waals surface area (Å²) < 4.78 is 51.7. The average Bonchev–Trinajstić information content (AvgIpc) is 3.37. The third kappa shape index (κ3) is 4.28. The van der Waals surface area contributed by atoms with E-state index < -0.39 is 29.0 Å². The summed E-state index contributed by atoms with van der Waals surface area (Å²) in [5.74, 6) is -1.12. The van der Waals surface area contributed by atoms with Gasteiger partial charge in [-0.2, -0.15) is 18.2 Å². The van der Waals surface area contributed by atoms with Gasteiger partial charge in [0.05, 0.1) is 16.0 Å². The summed E-state index contributed by atoms with van der Waals surface area (Å²) in [7, 11) is 0. The van der Waals surface area contributed by atoms with Crippen LogP contribution in [0.4, 0.5) is 22.7 Å². The predicted octanol–water partition coefficient (Wildman–Crippen LogP) is 4.36. The van der Waals surface area contributed by atoms with Gasteiger partial charge in [-0.05, 0) is 42.9 Å². The SMILES string of the molecule is O=C(NCCc1sc(NC2CC3C=CC2C3)nc1O)c1ccc(C(F)(F)F)cc1F. The zero-order chi connectivity index (χ0) is 21.5. The number of fused-ring (bicyclic) bond motifs is 2. The molecule has 160 valence electrons.